The van der Waals surface area contributed by atoms with Crippen LogP contribution >= 0.6 is 0 Å². The number of hydrogen-bond acceptors (Lipinski definition) is 6. The Labute approximate surface area is 190 Å². The van der Waals surface area contributed by atoms with Crippen LogP contribution in [-0.2, 0) is 6.54 Å². The Kier molecular flexibility index (Phi) is 5.75. The molecule has 2 amide bonds. The third-order valence-electron chi connectivity index (χ3n) is 5.55. The molecular formula is C24H25FN4O4. The Hall–Kier alpha value is -3.59. The number of fused-ring (bicyclic) bond motifs is 1. The lowest BCUT2D eigenvalue weighted by Crippen LogP contribution is -2.42. The van der Waals surface area contributed by atoms with Gasteiger partial charge >= 0.3 is 0 Å². The van der Waals surface area contributed by atoms with Crippen LogP contribution in [0.15, 0.2) is 41.1 Å². The number of anilines is 1. The molecule has 9 heteroatoms. The van der Waals surface area contributed by atoms with E-state index in [0.29, 0.717) is 34.0 Å². The summed E-state index contributed by atoms with van der Waals surface area (Å²) in [6, 6.07) is 7.04. The third-order valence-corrected chi connectivity index (χ3v) is 5.55. The molecule has 8 nitrogen and oxygen atoms in total. The first-order valence-electron chi connectivity index (χ1n) is 10.5. The number of hydrogen-bond donors (Lipinski definition) is 2. The Morgan fingerprint density at radius 1 is 1.24 bits per heavy atom. The molecule has 1 atom stereocenters. The lowest BCUT2D eigenvalue weighted by molar-refractivity contribution is -0.0159. The molecule has 0 bridgehead atoms. The smallest absolute Gasteiger partial charge is 0.293 e. The van der Waals surface area contributed by atoms with Crippen molar-refractivity contribution < 1.29 is 23.5 Å². The van der Waals surface area contributed by atoms with Gasteiger partial charge in [0.05, 0.1) is 29.7 Å². The Balaban J connectivity index is 1.71. The fourth-order valence-electron chi connectivity index (χ4n) is 3.58. The highest BCUT2D eigenvalue weighted by Gasteiger charge is 2.35. The van der Waals surface area contributed by atoms with Gasteiger partial charge in [-0.1, -0.05) is 6.07 Å². The number of aliphatic hydroxyl groups is 1. The number of aryl methyl sites for hydroxylation is 2. The summed E-state index contributed by atoms with van der Waals surface area (Å²) < 4.78 is 19.8. The average molecular weight is 452 g/mol. The predicted octanol–water partition coefficient (Wildman–Crippen LogP) is 3.67. The van der Waals surface area contributed by atoms with Gasteiger partial charge in [-0.3, -0.25) is 14.6 Å². The summed E-state index contributed by atoms with van der Waals surface area (Å²) in [7, 11) is 0. The summed E-state index contributed by atoms with van der Waals surface area (Å²) in [5.41, 5.74) is 2.00. The molecule has 3 aromatic rings. The van der Waals surface area contributed by atoms with E-state index in [1.165, 1.54) is 24.9 Å². The van der Waals surface area contributed by atoms with Crippen molar-refractivity contribution in [3.63, 3.8) is 0 Å². The van der Waals surface area contributed by atoms with Crippen molar-refractivity contribution in [2.24, 2.45) is 0 Å². The van der Waals surface area contributed by atoms with E-state index < -0.39 is 17.7 Å². The zero-order valence-electron chi connectivity index (χ0n) is 18.8. The largest absolute Gasteiger partial charge is 0.436 e. The van der Waals surface area contributed by atoms with Crippen molar-refractivity contribution in [3.05, 3.63) is 65.0 Å². The van der Waals surface area contributed by atoms with E-state index in [9.17, 15) is 19.1 Å². The van der Waals surface area contributed by atoms with Crippen LogP contribution in [0.1, 0.15) is 51.8 Å². The first-order valence-corrected chi connectivity index (χ1v) is 10.5. The van der Waals surface area contributed by atoms with Gasteiger partial charge in [-0.25, -0.2) is 9.37 Å². The first kappa shape index (κ1) is 22.6. The molecule has 0 unspecified atom stereocenters. The van der Waals surface area contributed by atoms with Gasteiger partial charge in [0.2, 0.25) is 5.76 Å². The van der Waals surface area contributed by atoms with Crippen LogP contribution in [0.5, 0.6) is 0 Å². The van der Waals surface area contributed by atoms with Gasteiger partial charge in [0, 0.05) is 30.8 Å². The van der Waals surface area contributed by atoms with E-state index in [0.717, 1.165) is 5.56 Å². The molecule has 0 saturated carbocycles. The van der Waals surface area contributed by atoms with Crippen molar-refractivity contribution in [2.45, 2.75) is 46.0 Å². The second kappa shape index (κ2) is 8.40. The molecule has 2 N–H and O–H groups in total. The molecule has 4 rings (SSSR count). The number of nitrogens with zero attached hydrogens (tertiary/aromatic N) is 3. The van der Waals surface area contributed by atoms with Crippen molar-refractivity contribution in [3.8, 4) is 11.3 Å². The number of rotatable bonds is 6. The van der Waals surface area contributed by atoms with Crippen molar-refractivity contribution >= 4 is 17.5 Å². The molecule has 0 saturated heterocycles. The topological polar surface area (TPSA) is 109 Å². The normalized spacial score (nSPS) is 14.4. The van der Waals surface area contributed by atoms with Crippen LogP contribution < -0.4 is 5.32 Å². The maximum absolute atomic E-state index is 14.5. The quantitative estimate of drug-likeness (QED) is 0.591. The minimum atomic E-state index is -1.61. The fourth-order valence-corrected chi connectivity index (χ4v) is 3.58. The SMILES string of the molecule is Cc1ccc(-c2cc3c(cc2NC(=O)c2cnc(C)o2)CN(C[C@@H](F)C(C)(C)O)C3=O)nc1. The summed E-state index contributed by atoms with van der Waals surface area (Å²) in [6.07, 6.45) is 1.42. The molecule has 0 aliphatic carbocycles. The van der Waals surface area contributed by atoms with Gasteiger partial charge in [-0.05, 0) is 50.1 Å². The molecule has 3 heterocycles. The second-order valence-electron chi connectivity index (χ2n) is 8.78. The Morgan fingerprint density at radius 3 is 2.61 bits per heavy atom. The zero-order valence-corrected chi connectivity index (χ0v) is 18.8. The first-order chi connectivity index (χ1) is 15.5. The van der Waals surface area contributed by atoms with Crippen molar-refractivity contribution in [2.75, 3.05) is 11.9 Å². The lowest BCUT2D eigenvalue weighted by Gasteiger charge is -2.26. The number of nitrogens with one attached hydrogen (secondary N) is 1. The number of alkyl halides is 1. The Morgan fingerprint density at radius 2 is 2.00 bits per heavy atom. The molecule has 1 aliphatic heterocycles. The molecule has 0 spiro atoms. The monoisotopic (exact) mass is 452 g/mol. The van der Waals surface area contributed by atoms with Gasteiger partial charge in [0.25, 0.3) is 11.8 Å². The number of pyridine rings is 1. The van der Waals surface area contributed by atoms with Crippen molar-refractivity contribution in [1.29, 1.82) is 0 Å². The summed E-state index contributed by atoms with van der Waals surface area (Å²) in [6.45, 7) is 6.20. The maximum atomic E-state index is 14.5. The van der Waals surface area contributed by atoms with Gasteiger partial charge in [0.15, 0.2) is 5.89 Å². The predicted molar refractivity (Wildman–Crippen MR) is 120 cm³/mol. The van der Waals surface area contributed by atoms with Crippen LogP contribution in [0.4, 0.5) is 10.1 Å². The number of halogens is 1. The summed E-state index contributed by atoms with van der Waals surface area (Å²) in [4.78, 5) is 35.5. The van der Waals surface area contributed by atoms with Crippen LogP contribution in [0, 0.1) is 13.8 Å². The van der Waals surface area contributed by atoms with Crippen LogP contribution in [0.3, 0.4) is 0 Å². The van der Waals surface area contributed by atoms with Gasteiger partial charge in [-0.2, -0.15) is 0 Å². The molecule has 172 valence electrons. The number of amides is 2. The highest BCUT2D eigenvalue weighted by molar-refractivity contribution is 6.06. The molecule has 0 fully saturated rings. The standard InChI is InChI=1S/C24H25FN4O4/c1-13-5-6-18(27-9-13)17-8-16-15(11-29(23(16)31)12-21(25)24(3,4)32)7-19(17)28-22(30)20-10-26-14(2)33-20/h5-10,21,32H,11-12H2,1-4H3,(H,28,30)/t21-/m1/s1. The highest BCUT2D eigenvalue weighted by Crippen LogP contribution is 2.35. The second-order valence-corrected chi connectivity index (χ2v) is 8.78. The van der Waals surface area contributed by atoms with Crippen LogP contribution in [-0.4, -0.2) is 50.1 Å². The van der Waals surface area contributed by atoms with E-state index in [4.69, 9.17) is 4.42 Å². The minimum Gasteiger partial charge on any atom is -0.436 e. The minimum absolute atomic E-state index is 0.0546. The molecule has 1 aromatic carbocycles. The molecule has 0 radical (unpaired) electrons. The number of oxazole rings is 1. The summed E-state index contributed by atoms with van der Waals surface area (Å²) in [5, 5.41) is 12.8. The van der Waals surface area contributed by atoms with Crippen LogP contribution in [0.2, 0.25) is 0 Å². The molecular weight excluding hydrogens is 427 g/mol. The van der Waals surface area contributed by atoms with E-state index in [2.05, 4.69) is 15.3 Å². The molecule has 33 heavy (non-hydrogen) atoms. The number of benzene rings is 1. The van der Waals surface area contributed by atoms with Gasteiger partial charge in [0.1, 0.15) is 6.17 Å². The van der Waals surface area contributed by atoms with Gasteiger partial charge in [-0.15, -0.1) is 0 Å². The maximum Gasteiger partial charge on any atom is 0.293 e. The zero-order chi connectivity index (χ0) is 23.9. The average Bonchev–Trinajstić information content (AvgIpc) is 3.31. The molecule has 1 aliphatic rings. The summed E-state index contributed by atoms with van der Waals surface area (Å²) in [5.74, 6) is -0.410. The van der Waals surface area contributed by atoms with Gasteiger partial charge < -0.3 is 19.7 Å². The lowest BCUT2D eigenvalue weighted by atomic mass is 10.0. The fraction of sp³-hybridized carbons (Fsp3) is 0.333. The van der Waals surface area contributed by atoms with Crippen molar-refractivity contribution in [1.82, 2.24) is 14.9 Å². The van der Waals surface area contributed by atoms with E-state index in [1.54, 1.807) is 31.3 Å². The van der Waals surface area contributed by atoms with Crippen LogP contribution in [0.25, 0.3) is 11.3 Å². The number of aromatic nitrogens is 2. The van der Waals surface area contributed by atoms with E-state index in [1.807, 2.05) is 13.0 Å². The molecule has 2 aromatic heterocycles. The third kappa shape index (κ3) is 4.63. The highest BCUT2D eigenvalue weighted by atomic mass is 19.1. The Bertz CT molecular complexity index is 1210. The van der Waals surface area contributed by atoms with E-state index in [-0.39, 0.29) is 24.8 Å². The summed E-state index contributed by atoms with van der Waals surface area (Å²) >= 11 is 0. The number of carbonyl (C=O) groups excluding carboxylic acids is 2. The van der Waals surface area contributed by atoms with E-state index >= 15 is 0 Å². The number of carbonyl (C=O) groups is 2.